The van der Waals surface area contributed by atoms with E-state index in [0.717, 1.165) is 12.3 Å². The number of anilines is 2. The standard InChI is InChI=1S/C28H19F7N4O2/c29-15-12-38(13-15)26-16-5-6-19(30)23(17-9-14(28(33,34)35)10-20(31)24(17)32)25(16)36-11-18(26)27(40)37-39-7-8-41-22-4-2-1-3-21(22)39/h1-6,9-11,15H,7-8,12-13H2,(H,37,40). The van der Waals surface area contributed by atoms with Gasteiger partial charge in [-0.25, -0.2) is 17.6 Å². The Labute approximate surface area is 227 Å². The highest BCUT2D eigenvalue weighted by Crippen LogP contribution is 2.42. The molecule has 13 heteroatoms. The molecule has 0 bridgehead atoms. The summed E-state index contributed by atoms with van der Waals surface area (Å²) in [6.07, 6.45) is -5.22. The number of alkyl halides is 4. The fraction of sp³-hybridized carbons (Fsp3) is 0.214. The van der Waals surface area contributed by atoms with Crippen LogP contribution in [0.5, 0.6) is 5.75 Å². The molecule has 3 heterocycles. The smallest absolute Gasteiger partial charge is 0.416 e. The van der Waals surface area contributed by atoms with Crippen molar-refractivity contribution in [1.29, 1.82) is 0 Å². The van der Waals surface area contributed by atoms with Gasteiger partial charge in [-0.3, -0.25) is 20.2 Å². The zero-order chi connectivity index (χ0) is 29.1. The van der Waals surface area contributed by atoms with Crippen LogP contribution in [0.1, 0.15) is 15.9 Å². The number of aromatic nitrogens is 1. The van der Waals surface area contributed by atoms with Crippen LogP contribution in [-0.4, -0.2) is 43.3 Å². The Bertz CT molecular complexity index is 1690. The Morgan fingerprint density at radius 2 is 1.78 bits per heavy atom. The van der Waals surface area contributed by atoms with Crippen LogP contribution in [0.4, 0.5) is 42.1 Å². The molecule has 212 valence electrons. The predicted octanol–water partition coefficient (Wildman–Crippen LogP) is 6.04. The summed E-state index contributed by atoms with van der Waals surface area (Å²) in [4.78, 5) is 19.1. The second-order valence-electron chi connectivity index (χ2n) is 9.57. The van der Waals surface area contributed by atoms with Crippen molar-refractivity contribution in [3.8, 4) is 16.9 Å². The van der Waals surface area contributed by atoms with Crippen LogP contribution >= 0.6 is 0 Å². The number of halogens is 7. The molecule has 1 amide bonds. The number of para-hydroxylation sites is 2. The largest absolute Gasteiger partial charge is 0.489 e. The summed E-state index contributed by atoms with van der Waals surface area (Å²) in [6.45, 7) is 0.320. The van der Waals surface area contributed by atoms with Gasteiger partial charge in [0.15, 0.2) is 11.6 Å². The van der Waals surface area contributed by atoms with Crippen molar-refractivity contribution < 1.29 is 40.3 Å². The van der Waals surface area contributed by atoms with Crippen molar-refractivity contribution in [2.45, 2.75) is 12.3 Å². The monoisotopic (exact) mass is 576 g/mol. The average Bonchev–Trinajstić information content (AvgIpc) is 2.92. The van der Waals surface area contributed by atoms with Gasteiger partial charge >= 0.3 is 6.18 Å². The molecule has 0 spiro atoms. The first-order chi connectivity index (χ1) is 19.5. The molecule has 1 saturated heterocycles. The van der Waals surface area contributed by atoms with Crippen LogP contribution < -0.4 is 20.1 Å². The molecule has 41 heavy (non-hydrogen) atoms. The first-order valence-electron chi connectivity index (χ1n) is 12.4. The summed E-state index contributed by atoms with van der Waals surface area (Å²) >= 11 is 0. The van der Waals surface area contributed by atoms with Gasteiger partial charge in [0.25, 0.3) is 5.91 Å². The van der Waals surface area contributed by atoms with Crippen LogP contribution in [0, 0.1) is 17.5 Å². The summed E-state index contributed by atoms with van der Waals surface area (Å²) in [6, 6.07) is 9.33. The number of hydrazine groups is 1. The number of hydrogen-bond acceptors (Lipinski definition) is 5. The summed E-state index contributed by atoms with van der Waals surface area (Å²) < 4.78 is 104. The van der Waals surface area contributed by atoms with Gasteiger partial charge in [0, 0.05) is 22.7 Å². The number of rotatable bonds is 4. The number of carbonyl (C=O) groups is 1. The Kier molecular flexibility index (Phi) is 6.39. The summed E-state index contributed by atoms with van der Waals surface area (Å²) in [7, 11) is 0. The minimum atomic E-state index is -5.04. The number of pyridine rings is 1. The zero-order valence-electron chi connectivity index (χ0n) is 20.9. The van der Waals surface area contributed by atoms with Crippen molar-refractivity contribution in [2.75, 3.05) is 36.1 Å². The molecule has 0 saturated carbocycles. The lowest BCUT2D eigenvalue weighted by Crippen LogP contribution is -2.50. The van der Waals surface area contributed by atoms with E-state index in [-0.39, 0.29) is 47.9 Å². The van der Waals surface area contributed by atoms with Gasteiger partial charge in [-0.1, -0.05) is 12.1 Å². The Morgan fingerprint density at radius 1 is 1.02 bits per heavy atom. The van der Waals surface area contributed by atoms with E-state index < -0.39 is 52.4 Å². The van der Waals surface area contributed by atoms with Gasteiger partial charge in [0.05, 0.1) is 47.7 Å². The lowest BCUT2D eigenvalue weighted by atomic mass is 9.95. The van der Waals surface area contributed by atoms with Crippen molar-refractivity contribution in [3.05, 3.63) is 83.3 Å². The molecular formula is C28H19F7N4O2. The second kappa shape index (κ2) is 9.82. The first kappa shape index (κ1) is 26.7. The van der Waals surface area contributed by atoms with Gasteiger partial charge in [0.1, 0.15) is 24.3 Å². The van der Waals surface area contributed by atoms with Crippen LogP contribution in [0.2, 0.25) is 0 Å². The topological polar surface area (TPSA) is 57.7 Å². The summed E-state index contributed by atoms with van der Waals surface area (Å²) in [5.74, 6) is -4.81. The van der Waals surface area contributed by atoms with Crippen molar-refractivity contribution in [3.63, 3.8) is 0 Å². The van der Waals surface area contributed by atoms with Gasteiger partial charge in [-0.15, -0.1) is 0 Å². The maximum Gasteiger partial charge on any atom is 0.416 e. The molecule has 0 unspecified atom stereocenters. The number of ether oxygens (including phenoxy) is 1. The van der Waals surface area contributed by atoms with Gasteiger partial charge < -0.3 is 9.64 Å². The van der Waals surface area contributed by atoms with Gasteiger partial charge in [-0.2, -0.15) is 13.2 Å². The van der Waals surface area contributed by atoms with E-state index in [9.17, 15) is 31.1 Å². The predicted molar refractivity (Wildman–Crippen MR) is 136 cm³/mol. The minimum Gasteiger partial charge on any atom is -0.489 e. The zero-order valence-corrected chi connectivity index (χ0v) is 20.9. The highest BCUT2D eigenvalue weighted by molar-refractivity contribution is 6.10. The SMILES string of the molecule is O=C(NN1CCOc2ccccc21)c1cnc2c(-c3cc(C(F)(F)F)cc(F)c3F)c(F)ccc2c1N1CC(F)C1. The maximum absolute atomic E-state index is 15.2. The Balaban J connectivity index is 1.50. The highest BCUT2D eigenvalue weighted by Gasteiger charge is 2.35. The van der Waals surface area contributed by atoms with E-state index in [1.165, 1.54) is 11.0 Å². The second-order valence-corrected chi connectivity index (χ2v) is 9.57. The van der Waals surface area contributed by atoms with Gasteiger partial charge in [-0.05, 0) is 36.4 Å². The summed E-state index contributed by atoms with van der Waals surface area (Å²) in [5.41, 5.74) is -0.142. The number of nitrogens with one attached hydrogen (secondary N) is 1. The van der Waals surface area contributed by atoms with E-state index in [1.54, 1.807) is 29.3 Å². The molecule has 1 fully saturated rings. The van der Waals surface area contributed by atoms with Crippen LogP contribution in [0.3, 0.4) is 0 Å². The van der Waals surface area contributed by atoms with Crippen LogP contribution in [0.25, 0.3) is 22.0 Å². The normalized spacial score (nSPS) is 15.4. The number of hydrogen-bond donors (Lipinski definition) is 1. The fourth-order valence-electron chi connectivity index (χ4n) is 5.00. The third kappa shape index (κ3) is 4.64. The maximum atomic E-state index is 15.2. The lowest BCUT2D eigenvalue weighted by Gasteiger charge is -2.38. The number of amides is 1. The molecule has 4 aromatic rings. The molecule has 6 nitrogen and oxygen atoms in total. The van der Waals surface area contributed by atoms with Crippen molar-refractivity contribution in [1.82, 2.24) is 10.4 Å². The molecule has 0 aliphatic carbocycles. The molecule has 1 aromatic heterocycles. The minimum absolute atomic E-state index is 0.0194. The molecule has 3 aromatic carbocycles. The van der Waals surface area contributed by atoms with E-state index in [2.05, 4.69) is 10.4 Å². The molecule has 0 atom stereocenters. The average molecular weight is 576 g/mol. The number of fused-ring (bicyclic) bond motifs is 2. The molecule has 1 N–H and O–H groups in total. The molecule has 2 aliphatic heterocycles. The summed E-state index contributed by atoms with van der Waals surface area (Å²) in [5, 5.41) is 1.60. The Hall–Kier alpha value is -4.55. The third-order valence-electron chi connectivity index (χ3n) is 6.95. The van der Waals surface area contributed by atoms with E-state index in [0.29, 0.717) is 24.0 Å². The molecule has 2 aliphatic rings. The first-order valence-corrected chi connectivity index (χ1v) is 12.4. The number of nitrogens with zero attached hydrogens (tertiary/aromatic N) is 3. The Morgan fingerprint density at radius 3 is 2.51 bits per heavy atom. The van der Waals surface area contributed by atoms with Crippen molar-refractivity contribution in [2.24, 2.45) is 0 Å². The van der Waals surface area contributed by atoms with Crippen LogP contribution in [0.15, 0.2) is 54.7 Å². The van der Waals surface area contributed by atoms with Crippen LogP contribution in [-0.2, 0) is 6.18 Å². The molecule has 0 radical (unpaired) electrons. The highest BCUT2D eigenvalue weighted by atomic mass is 19.4. The molecule has 6 rings (SSSR count). The van der Waals surface area contributed by atoms with E-state index >= 15 is 4.39 Å². The van der Waals surface area contributed by atoms with Crippen molar-refractivity contribution >= 4 is 28.2 Å². The fourth-order valence-corrected chi connectivity index (χ4v) is 5.00. The lowest BCUT2D eigenvalue weighted by molar-refractivity contribution is -0.137. The molecular weight excluding hydrogens is 557 g/mol. The van der Waals surface area contributed by atoms with Gasteiger partial charge in [0.2, 0.25) is 0 Å². The van der Waals surface area contributed by atoms with E-state index in [1.807, 2.05) is 0 Å². The van der Waals surface area contributed by atoms with E-state index in [4.69, 9.17) is 4.74 Å². The quantitative estimate of drug-likeness (QED) is 0.301. The number of benzene rings is 3. The number of carbonyl (C=O) groups excluding carboxylic acids is 1. The third-order valence-corrected chi connectivity index (χ3v) is 6.95.